The molecule has 0 atom stereocenters. The monoisotopic (exact) mass is 294 g/mol. The van der Waals surface area contributed by atoms with Crippen molar-refractivity contribution in [2.45, 2.75) is 51.4 Å². The summed E-state index contributed by atoms with van der Waals surface area (Å²) in [6.07, 6.45) is 9.62. The van der Waals surface area contributed by atoms with E-state index in [1.54, 1.807) is 11.3 Å². The van der Waals surface area contributed by atoms with Crippen LogP contribution in [0.25, 0.3) is 0 Å². The van der Waals surface area contributed by atoms with Crippen LogP contribution < -0.4 is 0 Å². The Hall–Kier alpha value is -0.280. The minimum absolute atomic E-state index is 0.412. The van der Waals surface area contributed by atoms with Gasteiger partial charge < -0.3 is 0 Å². The third-order valence-electron chi connectivity index (χ3n) is 4.34. The van der Waals surface area contributed by atoms with E-state index in [-0.39, 0.29) is 0 Å². The van der Waals surface area contributed by atoms with Crippen molar-refractivity contribution in [2.75, 3.05) is 11.5 Å². The van der Waals surface area contributed by atoms with Gasteiger partial charge >= 0.3 is 0 Å². The number of rotatable bonds is 3. The molecule has 3 rings (SSSR count). The number of carbonyl (C=O) groups excluding carboxylic acids is 1. The Balaban J connectivity index is 1.66. The van der Waals surface area contributed by atoms with Gasteiger partial charge in [-0.05, 0) is 67.6 Å². The number of thioether (sulfide) groups is 1. The first kappa shape index (κ1) is 13.7. The maximum atomic E-state index is 12.4. The molecule has 19 heavy (non-hydrogen) atoms. The molecule has 1 aromatic rings. The Morgan fingerprint density at radius 2 is 1.95 bits per heavy atom. The van der Waals surface area contributed by atoms with Gasteiger partial charge in [0.15, 0.2) is 5.78 Å². The summed E-state index contributed by atoms with van der Waals surface area (Å²) in [5.41, 5.74) is 1.48. The molecule has 0 bridgehead atoms. The molecule has 3 heteroatoms. The van der Waals surface area contributed by atoms with Crippen molar-refractivity contribution in [1.29, 1.82) is 0 Å². The molecular weight excluding hydrogens is 272 g/mol. The fourth-order valence-corrected chi connectivity index (χ4v) is 5.52. The third kappa shape index (κ3) is 3.43. The van der Waals surface area contributed by atoms with Crippen molar-refractivity contribution >= 4 is 28.9 Å². The summed E-state index contributed by atoms with van der Waals surface area (Å²) in [5.74, 6) is 3.56. The fourth-order valence-electron chi connectivity index (χ4n) is 3.12. The van der Waals surface area contributed by atoms with Gasteiger partial charge in [0.1, 0.15) is 0 Å². The summed E-state index contributed by atoms with van der Waals surface area (Å²) in [5, 5.41) is 0. The second-order valence-corrected chi connectivity index (χ2v) is 8.16. The summed E-state index contributed by atoms with van der Waals surface area (Å²) in [6, 6.07) is 2.21. The van der Waals surface area contributed by atoms with Crippen molar-refractivity contribution in [3.63, 3.8) is 0 Å². The maximum Gasteiger partial charge on any atom is 0.173 e. The average Bonchev–Trinajstić information content (AvgIpc) is 2.72. The Morgan fingerprint density at radius 1 is 1.16 bits per heavy atom. The Kier molecular flexibility index (Phi) is 4.65. The number of Topliss-reactive ketones (excluding diaryl/α,β-unsaturated/α-hetero) is 1. The minimum atomic E-state index is 0.412. The molecule has 1 nitrogen and oxygen atoms in total. The molecule has 0 saturated carbocycles. The predicted molar refractivity (Wildman–Crippen MR) is 84.6 cm³/mol. The van der Waals surface area contributed by atoms with E-state index >= 15 is 0 Å². The zero-order valence-corrected chi connectivity index (χ0v) is 13.1. The van der Waals surface area contributed by atoms with E-state index in [1.165, 1.54) is 66.9 Å². The number of hydrogen-bond donors (Lipinski definition) is 0. The zero-order valence-electron chi connectivity index (χ0n) is 11.5. The van der Waals surface area contributed by atoms with E-state index in [9.17, 15) is 4.79 Å². The summed E-state index contributed by atoms with van der Waals surface area (Å²) in [7, 11) is 0. The molecule has 0 aromatic carbocycles. The highest BCUT2D eigenvalue weighted by Crippen LogP contribution is 2.32. The molecule has 2 heterocycles. The smallest absolute Gasteiger partial charge is 0.173 e. The highest BCUT2D eigenvalue weighted by Gasteiger charge is 2.21. The number of hydrogen-bond acceptors (Lipinski definition) is 3. The number of aryl methyl sites for hydroxylation is 2. The maximum absolute atomic E-state index is 12.4. The first-order valence-corrected chi connectivity index (χ1v) is 9.52. The van der Waals surface area contributed by atoms with Crippen LogP contribution in [0.1, 0.15) is 58.6 Å². The van der Waals surface area contributed by atoms with Crippen LogP contribution >= 0.6 is 23.1 Å². The molecule has 1 saturated heterocycles. The van der Waals surface area contributed by atoms with Crippen LogP contribution in [0.15, 0.2) is 6.07 Å². The summed E-state index contributed by atoms with van der Waals surface area (Å²) in [4.78, 5) is 15.0. The van der Waals surface area contributed by atoms with Gasteiger partial charge in [0.05, 0.1) is 4.88 Å². The molecular formula is C16H22OS2. The van der Waals surface area contributed by atoms with Crippen LogP contribution in [-0.2, 0) is 12.8 Å². The van der Waals surface area contributed by atoms with E-state index in [2.05, 4.69) is 6.07 Å². The molecule has 1 fully saturated rings. The van der Waals surface area contributed by atoms with Gasteiger partial charge in [-0.15, -0.1) is 11.3 Å². The molecule has 1 aliphatic carbocycles. The number of carbonyl (C=O) groups is 1. The zero-order chi connectivity index (χ0) is 13.1. The molecule has 0 N–H and O–H groups in total. The van der Waals surface area contributed by atoms with Crippen LogP contribution in [0.3, 0.4) is 0 Å². The van der Waals surface area contributed by atoms with Crippen LogP contribution in [0.4, 0.5) is 0 Å². The number of thiophene rings is 1. The number of fused-ring (bicyclic) bond motifs is 1. The van der Waals surface area contributed by atoms with Gasteiger partial charge in [-0.25, -0.2) is 0 Å². The highest BCUT2D eigenvalue weighted by molar-refractivity contribution is 7.99. The minimum Gasteiger partial charge on any atom is -0.293 e. The van der Waals surface area contributed by atoms with Crippen molar-refractivity contribution in [2.24, 2.45) is 5.92 Å². The van der Waals surface area contributed by atoms with Crippen LogP contribution in [0.5, 0.6) is 0 Å². The van der Waals surface area contributed by atoms with Crippen molar-refractivity contribution in [1.82, 2.24) is 0 Å². The normalized spacial score (nSPS) is 20.8. The molecule has 1 aliphatic heterocycles. The van der Waals surface area contributed by atoms with Gasteiger partial charge in [-0.2, -0.15) is 11.8 Å². The van der Waals surface area contributed by atoms with Crippen molar-refractivity contribution in [3.8, 4) is 0 Å². The Labute approximate surface area is 124 Å². The first-order valence-electron chi connectivity index (χ1n) is 7.55. The lowest BCUT2D eigenvalue weighted by molar-refractivity contribution is 0.0962. The first-order chi connectivity index (χ1) is 9.33. The molecule has 0 unspecified atom stereocenters. The quantitative estimate of drug-likeness (QED) is 0.592. The third-order valence-corrected chi connectivity index (χ3v) is 6.66. The molecule has 0 radical (unpaired) electrons. The van der Waals surface area contributed by atoms with Gasteiger partial charge in [0.2, 0.25) is 0 Å². The van der Waals surface area contributed by atoms with Crippen LogP contribution in [-0.4, -0.2) is 17.3 Å². The Morgan fingerprint density at radius 3 is 2.79 bits per heavy atom. The van der Waals surface area contributed by atoms with Crippen molar-refractivity contribution < 1.29 is 4.79 Å². The van der Waals surface area contributed by atoms with Crippen molar-refractivity contribution in [3.05, 3.63) is 21.4 Å². The van der Waals surface area contributed by atoms with E-state index in [0.29, 0.717) is 11.7 Å². The number of ketones is 1. The highest BCUT2D eigenvalue weighted by atomic mass is 32.2. The summed E-state index contributed by atoms with van der Waals surface area (Å²) < 4.78 is 0. The second-order valence-electron chi connectivity index (χ2n) is 5.80. The molecule has 0 amide bonds. The molecule has 1 aromatic heterocycles. The van der Waals surface area contributed by atoms with E-state index in [4.69, 9.17) is 0 Å². The topological polar surface area (TPSA) is 17.1 Å². The van der Waals surface area contributed by atoms with E-state index in [0.717, 1.165) is 11.3 Å². The van der Waals surface area contributed by atoms with Gasteiger partial charge in [-0.3, -0.25) is 4.79 Å². The van der Waals surface area contributed by atoms with E-state index < -0.39 is 0 Å². The van der Waals surface area contributed by atoms with Crippen LogP contribution in [0, 0.1) is 5.92 Å². The molecule has 104 valence electrons. The van der Waals surface area contributed by atoms with Crippen LogP contribution in [0.2, 0.25) is 0 Å². The Bertz CT molecular complexity index is 420. The average molecular weight is 294 g/mol. The van der Waals surface area contributed by atoms with Gasteiger partial charge in [0.25, 0.3) is 0 Å². The lowest BCUT2D eigenvalue weighted by Gasteiger charge is -2.20. The lowest BCUT2D eigenvalue weighted by Crippen LogP contribution is -2.13. The lowest BCUT2D eigenvalue weighted by atomic mass is 9.95. The summed E-state index contributed by atoms with van der Waals surface area (Å²) >= 11 is 3.83. The van der Waals surface area contributed by atoms with Gasteiger partial charge in [0, 0.05) is 11.3 Å². The largest absolute Gasteiger partial charge is 0.293 e. The van der Waals surface area contributed by atoms with Gasteiger partial charge in [-0.1, -0.05) is 6.42 Å². The fraction of sp³-hybridized carbons (Fsp3) is 0.688. The standard InChI is InChI=1S/C16H22OS2/c17-14(10-12-6-8-18-9-7-12)16-11-13-4-2-1-3-5-15(13)19-16/h11-12H,1-10H2. The predicted octanol–water partition coefficient (Wildman–Crippen LogP) is 4.73. The van der Waals surface area contributed by atoms with E-state index in [1.807, 2.05) is 11.8 Å². The second kappa shape index (κ2) is 6.45. The SMILES string of the molecule is O=C(CC1CCSCC1)c1cc2c(s1)CCCCC2. The molecule has 0 spiro atoms. The summed E-state index contributed by atoms with van der Waals surface area (Å²) in [6.45, 7) is 0. The molecule has 2 aliphatic rings.